The highest BCUT2D eigenvalue weighted by Gasteiger charge is 2.18. The van der Waals surface area contributed by atoms with E-state index >= 15 is 0 Å². The van der Waals surface area contributed by atoms with Crippen LogP contribution in [0.3, 0.4) is 0 Å². The first kappa shape index (κ1) is 9.92. The van der Waals surface area contributed by atoms with Crippen LogP contribution in [0.15, 0.2) is 34.9 Å². The summed E-state index contributed by atoms with van der Waals surface area (Å²) >= 11 is 3.12. The fraction of sp³-hybridized carbons (Fsp3) is 0. The number of hydrogen-bond donors (Lipinski definition) is 2. The second-order valence-corrected chi connectivity index (χ2v) is 3.73. The van der Waals surface area contributed by atoms with E-state index in [0.717, 1.165) is 5.56 Å². The molecule has 0 fully saturated rings. The van der Waals surface area contributed by atoms with Crippen LogP contribution in [0.4, 0.5) is 0 Å². The number of halogens is 1. The van der Waals surface area contributed by atoms with Gasteiger partial charge in [-0.1, -0.05) is 30.3 Å². The molecule has 0 saturated carbocycles. The molecule has 2 rings (SSSR count). The third kappa shape index (κ3) is 1.78. The Kier molecular flexibility index (Phi) is 2.55. The Balaban J connectivity index is 2.59. The van der Waals surface area contributed by atoms with Gasteiger partial charge in [-0.05, 0) is 15.9 Å². The molecule has 0 aliphatic carbocycles. The number of H-pyrrole nitrogens is 1. The first-order valence-electron chi connectivity index (χ1n) is 4.22. The van der Waals surface area contributed by atoms with E-state index in [2.05, 4.69) is 26.1 Å². The van der Waals surface area contributed by atoms with Crippen LogP contribution in [0, 0.1) is 0 Å². The zero-order valence-corrected chi connectivity index (χ0v) is 9.15. The Morgan fingerprint density at radius 2 is 2.00 bits per heavy atom. The molecule has 15 heavy (non-hydrogen) atoms. The number of nitrogens with one attached hydrogen (secondary N) is 1. The van der Waals surface area contributed by atoms with Gasteiger partial charge in [0.25, 0.3) is 0 Å². The van der Waals surface area contributed by atoms with Gasteiger partial charge in [-0.2, -0.15) is 5.10 Å². The second kappa shape index (κ2) is 3.86. The Hall–Kier alpha value is -1.62. The number of benzene rings is 1. The van der Waals surface area contributed by atoms with Crippen LogP contribution in [0.1, 0.15) is 10.4 Å². The van der Waals surface area contributed by atoms with E-state index in [0.29, 0.717) is 10.3 Å². The number of aromatic amines is 1. The first-order chi connectivity index (χ1) is 7.20. The van der Waals surface area contributed by atoms with E-state index in [1.165, 1.54) is 0 Å². The smallest absolute Gasteiger partial charge is 0.340 e. The average Bonchev–Trinajstić information content (AvgIpc) is 2.61. The molecule has 0 atom stereocenters. The molecule has 0 saturated heterocycles. The van der Waals surface area contributed by atoms with E-state index in [-0.39, 0.29) is 5.56 Å². The molecule has 0 aliphatic rings. The van der Waals surface area contributed by atoms with Gasteiger partial charge in [0.2, 0.25) is 0 Å². The quantitative estimate of drug-likeness (QED) is 0.878. The zero-order chi connectivity index (χ0) is 10.8. The van der Waals surface area contributed by atoms with Gasteiger partial charge in [0, 0.05) is 5.56 Å². The van der Waals surface area contributed by atoms with Gasteiger partial charge in [-0.3, -0.25) is 5.10 Å². The summed E-state index contributed by atoms with van der Waals surface area (Å²) in [7, 11) is 0. The number of nitrogens with zero attached hydrogens (tertiary/aromatic N) is 1. The van der Waals surface area contributed by atoms with Gasteiger partial charge >= 0.3 is 5.97 Å². The van der Waals surface area contributed by atoms with Gasteiger partial charge in [0.15, 0.2) is 0 Å². The molecule has 0 unspecified atom stereocenters. The highest BCUT2D eigenvalue weighted by molar-refractivity contribution is 9.10. The van der Waals surface area contributed by atoms with Crippen molar-refractivity contribution in [2.75, 3.05) is 0 Å². The number of aromatic carboxylic acids is 1. The molecular weight excluding hydrogens is 260 g/mol. The number of rotatable bonds is 2. The number of carbonyl (C=O) groups is 1. The molecule has 1 heterocycles. The zero-order valence-electron chi connectivity index (χ0n) is 7.57. The van der Waals surface area contributed by atoms with Crippen molar-refractivity contribution in [3.8, 4) is 11.3 Å². The lowest BCUT2D eigenvalue weighted by Crippen LogP contribution is -1.97. The van der Waals surface area contributed by atoms with E-state index in [4.69, 9.17) is 5.11 Å². The predicted molar refractivity (Wildman–Crippen MR) is 58.7 cm³/mol. The average molecular weight is 267 g/mol. The SMILES string of the molecule is O=C(O)c1c(-c2ccccc2)n[nH]c1Br. The minimum Gasteiger partial charge on any atom is -0.478 e. The Bertz CT molecular complexity index is 493. The maximum Gasteiger partial charge on any atom is 0.340 e. The number of carboxylic acids is 1. The molecular formula is C10H7BrN2O2. The van der Waals surface area contributed by atoms with Crippen LogP contribution >= 0.6 is 15.9 Å². The summed E-state index contributed by atoms with van der Waals surface area (Å²) < 4.78 is 0.383. The van der Waals surface area contributed by atoms with Gasteiger partial charge in [0.1, 0.15) is 15.9 Å². The van der Waals surface area contributed by atoms with Crippen molar-refractivity contribution in [1.29, 1.82) is 0 Å². The number of aromatic nitrogens is 2. The molecule has 2 aromatic rings. The van der Waals surface area contributed by atoms with Crippen molar-refractivity contribution in [2.45, 2.75) is 0 Å². The molecule has 1 aromatic carbocycles. The number of carboxylic acid groups (broad SMARTS) is 1. The molecule has 2 N–H and O–H groups in total. The summed E-state index contributed by atoms with van der Waals surface area (Å²) in [5.74, 6) is -1.01. The Labute approximate surface area is 94.1 Å². The molecule has 5 heteroatoms. The highest BCUT2D eigenvalue weighted by atomic mass is 79.9. The van der Waals surface area contributed by atoms with E-state index < -0.39 is 5.97 Å². The summed E-state index contributed by atoms with van der Waals surface area (Å²) in [6, 6.07) is 9.17. The molecule has 1 aromatic heterocycles. The monoisotopic (exact) mass is 266 g/mol. The molecule has 0 spiro atoms. The van der Waals surface area contributed by atoms with Gasteiger partial charge in [-0.25, -0.2) is 4.79 Å². The van der Waals surface area contributed by atoms with Crippen molar-refractivity contribution < 1.29 is 9.90 Å². The largest absolute Gasteiger partial charge is 0.478 e. The summed E-state index contributed by atoms with van der Waals surface area (Å²) in [6.45, 7) is 0. The normalized spacial score (nSPS) is 10.2. The lowest BCUT2D eigenvalue weighted by atomic mass is 10.1. The third-order valence-electron chi connectivity index (χ3n) is 1.98. The standard InChI is InChI=1S/C10H7BrN2O2/c11-9-7(10(14)15)8(12-13-9)6-4-2-1-3-5-6/h1-5H,(H,12,13)(H,14,15). The topological polar surface area (TPSA) is 66.0 Å². The third-order valence-corrected chi connectivity index (χ3v) is 2.56. The van der Waals surface area contributed by atoms with Crippen molar-refractivity contribution in [2.24, 2.45) is 0 Å². The first-order valence-corrected chi connectivity index (χ1v) is 5.02. The fourth-order valence-corrected chi connectivity index (χ4v) is 1.77. The van der Waals surface area contributed by atoms with Crippen molar-refractivity contribution in [3.05, 3.63) is 40.5 Å². The molecule has 0 radical (unpaired) electrons. The van der Waals surface area contributed by atoms with Gasteiger partial charge < -0.3 is 5.11 Å². The maximum absolute atomic E-state index is 11.0. The van der Waals surface area contributed by atoms with Crippen molar-refractivity contribution in [3.63, 3.8) is 0 Å². The fourth-order valence-electron chi connectivity index (χ4n) is 1.32. The molecule has 0 amide bonds. The van der Waals surface area contributed by atoms with Gasteiger partial charge in [0.05, 0.1) is 0 Å². The summed E-state index contributed by atoms with van der Waals surface area (Å²) in [6.07, 6.45) is 0. The van der Waals surface area contributed by atoms with Gasteiger partial charge in [-0.15, -0.1) is 0 Å². The maximum atomic E-state index is 11.0. The molecule has 0 bridgehead atoms. The minimum absolute atomic E-state index is 0.154. The lowest BCUT2D eigenvalue weighted by molar-refractivity contribution is 0.0697. The van der Waals surface area contributed by atoms with E-state index in [9.17, 15) is 4.79 Å². The Morgan fingerprint density at radius 1 is 1.33 bits per heavy atom. The van der Waals surface area contributed by atoms with Crippen LogP contribution in [0.5, 0.6) is 0 Å². The Morgan fingerprint density at radius 3 is 2.60 bits per heavy atom. The van der Waals surface area contributed by atoms with Crippen molar-refractivity contribution >= 4 is 21.9 Å². The van der Waals surface area contributed by atoms with Crippen LogP contribution in [0.25, 0.3) is 11.3 Å². The lowest BCUT2D eigenvalue weighted by Gasteiger charge is -1.97. The van der Waals surface area contributed by atoms with Crippen molar-refractivity contribution in [1.82, 2.24) is 10.2 Å². The van der Waals surface area contributed by atoms with Crippen LogP contribution < -0.4 is 0 Å². The van der Waals surface area contributed by atoms with Crippen LogP contribution in [-0.2, 0) is 0 Å². The predicted octanol–water partition coefficient (Wildman–Crippen LogP) is 2.54. The van der Waals surface area contributed by atoms with E-state index in [1.54, 1.807) is 0 Å². The highest BCUT2D eigenvalue weighted by Crippen LogP contribution is 2.26. The van der Waals surface area contributed by atoms with Crippen LogP contribution in [-0.4, -0.2) is 21.3 Å². The summed E-state index contributed by atoms with van der Waals surface area (Å²) in [4.78, 5) is 11.0. The molecule has 4 nitrogen and oxygen atoms in total. The second-order valence-electron chi connectivity index (χ2n) is 2.93. The molecule has 0 aliphatic heterocycles. The van der Waals surface area contributed by atoms with Crippen LogP contribution in [0.2, 0.25) is 0 Å². The minimum atomic E-state index is -1.01. The molecule has 76 valence electrons. The summed E-state index contributed by atoms with van der Waals surface area (Å²) in [5.41, 5.74) is 1.37. The number of hydrogen-bond acceptors (Lipinski definition) is 2. The summed E-state index contributed by atoms with van der Waals surface area (Å²) in [5, 5.41) is 15.6. The van der Waals surface area contributed by atoms with E-state index in [1.807, 2.05) is 30.3 Å².